The second kappa shape index (κ2) is 3.73. The van der Waals surface area contributed by atoms with Crippen molar-refractivity contribution in [1.82, 2.24) is 5.32 Å². The monoisotopic (exact) mass is 235 g/mol. The summed E-state index contributed by atoms with van der Waals surface area (Å²) in [5, 5.41) is 3.68. The van der Waals surface area contributed by atoms with Gasteiger partial charge in [-0.2, -0.15) is 0 Å². The van der Waals surface area contributed by atoms with Crippen LogP contribution in [0.2, 0.25) is 0 Å². The van der Waals surface area contributed by atoms with E-state index in [4.69, 9.17) is 0 Å². The largest absolute Gasteiger partial charge is 0.316 e. The fourth-order valence-electron chi connectivity index (χ4n) is 6.51. The van der Waals surface area contributed by atoms with Gasteiger partial charge in [0.05, 0.1) is 0 Å². The van der Waals surface area contributed by atoms with E-state index in [0.29, 0.717) is 10.8 Å². The molecule has 4 aliphatic rings. The summed E-state index contributed by atoms with van der Waals surface area (Å²) in [6.45, 7) is 7.39. The van der Waals surface area contributed by atoms with Crippen molar-refractivity contribution in [2.45, 2.75) is 65.3 Å². The summed E-state index contributed by atoms with van der Waals surface area (Å²) in [5.41, 5.74) is 1.33. The van der Waals surface area contributed by atoms with Gasteiger partial charge in [-0.05, 0) is 74.2 Å². The minimum Gasteiger partial charge on any atom is -0.316 e. The summed E-state index contributed by atoms with van der Waals surface area (Å²) in [7, 11) is 2.19. The lowest BCUT2D eigenvalue weighted by Gasteiger charge is -2.64. The molecule has 98 valence electrons. The Morgan fingerprint density at radius 1 is 1.06 bits per heavy atom. The first-order chi connectivity index (χ1) is 7.96. The van der Waals surface area contributed by atoms with Crippen LogP contribution in [0, 0.1) is 28.6 Å². The normalized spacial score (nSPS) is 49.9. The Labute approximate surface area is 107 Å². The molecule has 0 aliphatic heterocycles. The van der Waals surface area contributed by atoms with Gasteiger partial charge in [0.15, 0.2) is 0 Å². The molecule has 4 fully saturated rings. The lowest BCUT2D eigenvalue weighted by molar-refractivity contribution is -0.123. The topological polar surface area (TPSA) is 12.0 Å². The molecule has 4 aliphatic carbocycles. The second-order valence-corrected chi connectivity index (χ2v) is 8.14. The number of hydrogen-bond donors (Lipinski definition) is 1. The Morgan fingerprint density at radius 2 is 1.65 bits per heavy atom. The third-order valence-corrected chi connectivity index (χ3v) is 6.04. The Kier molecular flexibility index (Phi) is 2.63. The molecule has 0 spiro atoms. The molecule has 0 saturated heterocycles. The molecule has 0 aromatic rings. The maximum Gasteiger partial charge on any atom is 0.0144 e. The van der Waals surface area contributed by atoms with E-state index in [2.05, 4.69) is 33.1 Å². The Bertz CT molecular complexity index is 293. The maximum absolute atomic E-state index is 3.68. The quantitative estimate of drug-likeness (QED) is 0.784. The molecule has 0 amide bonds. The first-order valence-electron chi connectivity index (χ1n) is 7.64. The van der Waals surface area contributed by atoms with Crippen LogP contribution in [0.4, 0.5) is 0 Å². The minimum atomic E-state index is 0.641. The number of hydrogen-bond acceptors (Lipinski definition) is 1. The van der Waals surface area contributed by atoms with Crippen molar-refractivity contribution in [3.05, 3.63) is 0 Å². The first kappa shape index (κ1) is 12.0. The van der Waals surface area contributed by atoms with Crippen molar-refractivity contribution < 1.29 is 0 Å². The lowest BCUT2D eigenvalue weighted by atomic mass is 9.42. The van der Waals surface area contributed by atoms with Gasteiger partial charge < -0.3 is 5.32 Å². The van der Waals surface area contributed by atoms with Crippen LogP contribution in [0.25, 0.3) is 0 Å². The summed E-state index contributed by atoms with van der Waals surface area (Å²) in [4.78, 5) is 0. The Morgan fingerprint density at radius 3 is 2.06 bits per heavy atom. The van der Waals surface area contributed by atoms with Crippen molar-refractivity contribution in [2.75, 3.05) is 7.05 Å². The van der Waals surface area contributed by atoms with Crippen molar-refractivity contribution in [3.63, 3.8) is 0 Å². The molecule has 1 heteroatoms. The van der Waals surface area contributed by atoms with Crippen molar-refractivity contribution in [1.29, 1.82) is 0 Å². The first-order valence-corrected chi connectivity index (χ1v) is 7.64. The average Bonchev–Trinajstić information content (AvgIpc) is 2.12. The molecule has 17 heavy (non-hydrogen) atoms. The fraction of sp³-hybridized carbons (Fsp3) is 1.00. The summed E-state index contributed by atoms with van der Waals surface area (Å²) in [5.74, 6) is 2.88. The Hall–Kier alpha value is -0.0400. The van der Waals surface area contributed by atoms with E-state index < -0.39 is 0 Å². The summed E-state index contributed by atoms with van der Waals surface area (Å²) >= 11 is 0. The van der Waals surface area contributed by atoms with Crippen LogP contribution in [-0.2, 0) is 0 Å². The van der Waals surface area contributed by atoms with Crippen LogP contribution in [-0.4, -0.2) is 13.1 Å². The third-order valence-electron chi connectivity index (χ3n) is 6.04. The molecule has 0 heterocycles. The highest BCUT2D eigenvalue weighted by Gasteiger charge is 2.58. The zero-order valence-corrected chi connectivity index (χ0v) is 12.1. The molecule has 3 atom stereocenters. The zero-order chi connectivity index (χ0) is 12.3. The predicted molar refractivity (Wildman–Crippen MR) is 72.9 cm³/mol. The highest BCUT2D eigenvalue weighted by Crippen LogP contribution is 2.66. The van der Waals surface area contributed by atoms with Crippen LogP contribution < -0.4 is 5.32 Å². The van der Waals surface area contributed by atoms with E-state index in [1.807, 2.05) is 0 Å². The summed E-state index contributed by atoms with van der Waals surface area (Å²) in [6.07, 6.45) is 9.13. The SMILES string of the molecule is CNC(C(C)C)C12CC3CC(CC(C)(C3)C1)C2. The van der Waals surface area contributed by atoms with Crippen molar-refractivity contribution in [3.8, 4) is 0 Å². The van der Waals surface area contributed by atoms with E-state index in [1.165, 1.54) is 32.1 Å². The summed E-state index contributed by atoms with van der Waals surface area (Å²) < 4.78 is 0. The van der Waals surface area contributed by atoms with Gasteiger partial charge in [0.25, 0.3) is 0 Å². The highest BCUT2D eigenvalue weighted by molar-refractivity contribution is 5.10. The van der Waals surface area contributed by atoms with Crippen LogP contribution in [0.1, 0.15) is 59.3 Å². The second-order valence-electron chi connectivity index (χ2n) is 8.14. The highest BCUT2D eigenvalue weighted by atomic mass is 14.9. The van der Waals surface area contributed by atoms with Gasteiger partial charge in [-0.1, -0.05) is 20.8 Å². The van der Waals surface area contributed by atoms with E-state index in [-0.39, 0.29) is 0 Å². The standard InChI is InChI=1S/C16H29N/c1-11(2)14(17-4)16-8-12-5-13(9-16)7-15(3,6-12)10-16/h11-14,17H,5-10H2,1-4H3. The van der Waals surface area contributed by atoms with E-state index in [9.17, 15) is 0 Å². The van der Waals surface area contributed by atoms with Gasteiger partial charge >= 0.3 is 0 Å². The molecule has 0 aromatic heterocycles. The van der Waals surface area contributed by atoms with E-state index >= 15 is 0 Å². The molecule has 1 nitrogen and oxygen atoms in total. The Balaban J connectivity index is 1.92. The molecule has 0 radical (unpaired) electrons. The van der Waals surface area contributed by atoms with Crippen LogP contribution in [0.15, 0.2) is 0 Å². The molecular formula is C16H29N. The summed E-state index contributed by atoms with van der Waals surface area (Å²) in [6, 6.07) is 0.743. The molecule has 3 unspecified atom stereocenters. The van der Waals surface area contributed by atoms with Gasteiger partial charge in [0.1, 0.15) is 0 Å². The zero-order valence-electron chi connectivity index (χ0n) is 12.1. The van der Waals surface area contributed by atoms with Crippen molar-refractivity contribution >= 4 is 0 Å². The van der Waals surface area contributed by atoms with E-state index in [1.54, 1.807) is 6.42 Å². The number of rotatable bonds is 3. The smallest absolute Gasteiger partial charge is 0.0144 e. The third kappa shape index (κ3) is 1.77. The van der Waals surface area contributed by atoms with Gasteiger partial charge in [-0.25, -0.2) is 0 Å². The van der Waals surface area contributed by atoms with Gasteiger partial charge in [0, 0.05) is 6.04 Å². The molecule has 1 N–H and O–H groups in total. The van der Waals surface area contributed by atoms with Crippen LogP contribution in [0.3, 0.4) is 0 Å². The molecule has 4 rings (SSSR count). The minimum absolute atomic E-state index is 0.641. The average molecular weight is 235 g/mol. The molecular weight excluding hydrogens is 206 g/mol. The van der Waals surface area contributed by atoms with Gasteiger partial charge in [0.2, 0.25) is 0 Å². The maximum atomic E-state index is 3.68. The van der Waals surface area contributed by atoms with Gasteiger partial charge in [-0.3, -0.25) is 0 Å². The van der Waals surface area contributed by atoms with Crippen LogP contribution >= 0.6 is 0 Å². The number of nitrogens with one attached hydrogen (secondary N) is 1. The molecule has 0 aromatic carbocycles. The molecule has 4 saturated carbocycles. The molecule has 4 bridgehead atoms. The van der Waals surface area contributed by atoms with Gasteiger partial charge in [-0.15, -0.1) is 0 Å². The lowest BCUT2D eigenvalue weighted by Crippen LogP contribution is -2.59. The predicted octanol–water partition coefficient (Wildman–Crippen LogP) is 3.84. The van der Waals surface area contributed by atoms with Crippen molar-refractivity contribution in [2.24, 2.45) is 28.6 Å². The fourth-order valence-corrected chi connectivity index (χ4v) is 6.51. The van der Waals surface area contributed by atoms with E-state index in [0.717, 1.165) is 23.8 Å². The van der Waals surface area contributed by atoms with Crippen LogP contribution in [0.5, 0.6) is 0 Å².